The highest BCUT2D eigenvalue weighted by Crippen LogP contribution is 2.12. The van der Waals surface area contributed by atoms with Crippen molar-refractivity contribution in [1.82, 2.24) is 19.4 Å². The van der Waals surface area contributed by atoms with Crippen LogP contribution in [-0.4, -0.2) is 65.3 Å². The Kier molecular flexibility index (Phi) is 6.31. The van der Waals surface area contributed by atoms with E-state index >= 15 is 0 Å². The van der Waals surface area contributed by atoms with E-state index in [1.165, 1.54) is 17.7 Å². The van der Waals surface area contributed by atoms with Crippen LogP contribution in [0.3, 0.4) is 0 Å². The molecule has 6 heteroatoms. The second-order valence-corrected chi connectivity index (χ2v) is 7.28. The Morgan fingerprint density at radius 2 is 1.57 bits per heavy atom. The maximum absolute atomic E-state index is 13.0. The van der Waals surface area contributed by atoms with Gasteiger partial charge in [-0.2, -0.15) is 0 Å². The number of aromatic nitrogens is 2. The Bertz CT molecular complexity index is 872. The third kappa shape index (κ3) is 4.95. The number of rotatable bonds is 8. The normalized spacial score (nSPS) is 16.0. The maximum Gasteiger partial charge on any atom is 0.123 e. The molecule has 0 aliphatic carbocycles. The minimum absolute atomic E-state index is 0.171. The van der Waals surface area contributed by atoms with Crippen molar-refractivity contribution in [1.29, 1.82) is 0 Å². The fourth-order valence-electron chi connectivity index (χ4n) is 3.67. The molecule has 2 aromatic carbocycles. The van der Waals surface area contributed by atoms with Gasteiger partial charge >= 0.3 is 0 Å². The second kappa shape index (κ2) is 9.28. The van der Waals surface area contributed by atoms with Crippen LogP contribution in [-0.2, 0) is 17.8 Å². The van der Waals surface area contributed by atoms with E-state index in [2.05, 4.69) is 25.4 Å². The van der Waals surface area contributed by atoms with Crippen molar-refractivity contribution in [2.45, 2.75) is 13.1 Å². The fraction of sp³-hybridized carbons (Fsp3) is 0.409. The molecule has 1 aromatic heterocycles. The van der Waals surface area contributed by atoms with E-state index in [-0.39, 0.29) is 5.82 Å². The molecule has 1 saturated heterocycles. The Hall–Kier alpha value is -2.28. The Labute approximate surface area is 165 Å². The monoisotopic (exact) mass is 382 g/mol. The van der Waals surface area contributed by atoms with Crippen LogP contribution >= 0.6 is 0 Å². The molecule has 28 heavy (non-hydrogen) atoms. The lowest BCUT2D eigenvalue weighted by Crippen LogP contribution is -2.46. The summed E-state index contributed by atoms with van der Waals surface area (Å²) >= 11 is 0. The Morgan fingerprint density at radius 3 is 2.39 bits per heavy atom. The molecule has 0 radical (unpaired) electrons. The molecular weight excluding hydrogens is 355 g/mol. The summed E-state index contributed by atoms with van der Waals surface area (Å²) in [5, 5.41) is 0. The van der Waals surface area contributed by atoms with Gasteiger partial charge in [0.1, 0.15) is 5.82 Å². The molecule has 0 unspecified atom stereocenters. The van der Waals surface area contributed by atoms with Crippen LogP contribution < -0.4 is 0 Å². The van der Waals surface area contributed by atoms with E-state index < -0.39 is 0 Å². The summed E-state index contributed by atoms with van der Waals surface area (Å²) in [5.41, 5.74) is 3.36. The molecule has 0 saturated carbocycles. The molecule has 1 aliphatic rings. The summed E-state index contributed by atoms with van der Waals surface area (Å²) in [4.78, 5) is 9.29. The summed E-state index contributed by atoms with van der Waals surface area (Å²) in [6.45, 7) is 8.32. The first-order chi connectivity index (χ1) is 13.8. The molecule has 1 fully saturated rings. The highest BCUT2D eigenvalue weighted by atomic mass is 19.1. The molecule has 5 nitrogen and oxygen atoms in total. The molecule has 1 aliphatic heterocycles. The third-order valence-electron chi connectivity index (χ3n) is 5.34. The van der Waals surface area contributed by atoms with Crippen LogP contribution in [0.1, 0.15) is 5.56 Å². The standard InChI is InChI=1S/C22H27FN4O/c23-20-7-5-19(6-8-20)17-26-11-9-25(10-12-26)13-15-28-16-14-27-18-24-21-3-1-2-4-22(21)27/h1-8,18H,9-17H2. The summed E-state index contributed by atoms with van der Waals surface area (Å²) in [6.07, 6.45) is 1.88. The molecule has 0 bridgehead atoms. The quantitative estimate of drug-likeness (QED) is 0.561. The SMILES string of the molecule is Fc1ccc(CN2CCN(CCOCCn3cnc4ccccc43)CC2)cc1. The second-order valence-electron chi connectivity index (χ2n) is 7.28. The minimum Gasteiger partial charge on any atom is -0.378 e. The van der Waals surface area contributed by atoms with E-state index in [1.807, 2.05) is 36.7 Å². The molecule has 0 atom stereocenters. The summed E-state index contributed by atoms with van der Waals surface area (Å²) in [6, 6.07) is 15.0. The highest BCUT2D eigenvalue weighted by Gasteiger charge is 2.16. The molecular formula is C22H27FN4O. The van der Waals surface area contributed by atoms with E-state index in [1.54, 1.807) is 0 Å². The van der Waals surface area contributed by atoms with Gasteiger partial charge in [0.05, 0.1) is 30.6 Å². The van der Waals surface area contributed by atoms with Gasteiger partial charge in [-0.1, -0.05) is 24.3 Å². The minimum atomic E-state index is -0.171. The zero-order valence-corrected chi connectivity index (χ0v) is 16.1. The molecule has 3 aromatic rings. The van der Waals surface area contributed by atoms with Gasteiger partial charge in [-0.15, -0.1) is 0 Å². The zero-order valence-electron chi connectivity index (χ0n) is 16.1. The van der Waals surface area contributed by atoms with Gasteiger partial charge in [0.15, 0.2) is 0 Å². The highest BCUT2D eigenvalue weighted by molar-refractivity contribution is 5.74. The first-order valence-corrected chi connectivity index (χ1v) is 9.95. The van der Waals surface area contributed by atoms with Gasteiger partial charge in [0, 0.05) is 45.8 Å². The van der Waals surface area contributed by atoms with Crippen molar-refractivity contribution < 1.29 is 9.13 Å². The molecule has 0 N–H and O–H groups in total. The van der Waals surface area contributed by atoms with Crippen LogP contribution in [0, 0.1) is 5.82 Å². The number of benzene rings is 2. The van der Waals surface area contributed by atoms with Crippen LogP contribution in [0.25, 0.3) is 11.0 Å². The number of fused-ring (bicyclic) bond motifs is 1. The Balaban J connectivity index is 1.12. The predicted octanol–water partition coefficient (Wildman–Crippen LogP) is 3.01. The number of para-hydroxylation sites is 2. The van der Waals surface area contributed by atoms with Gasteiger partial charge in [-0.05, 0) is 29.8 Å². The smallest absolute Gasteiger partial charge is 0.123 e. The number of piperazine rings is 1. The van der Waals surface area contributed by atoms with Gasteiger partial charge in [-0.25, -0.2) is 9.37 Å². The predicted molar refractivity (Wildman–Crippen MR) is 109 cm³/mol. The average Bonchev–Trinajstić information content (AvgIpc) is 3.14. The first kappa shape index (κ1) is 19.1. The number of nitrogens with zero attached hydrogens (tertiary/aromatic N) is 4. The van der Waals surface area contributed by atoms with Crippen molar-refractivity contribution in [2.24, 2.45) is 0 Å². The number of halogens is 1. The van der Waals surface area contributed by atoms with Gasteiger partial charge in [-0.3, -0.25) is 9.80 Å². The lowest BCUT2D eigenvalue weighted by Gasteiger charge is -2.34. The van der Waals surface area contributed by atoms with E-state index in [9.17, 15) is 4.39 Å². The molecule has 2 heterocycles. The van der Waals surface area contributed by atoms with E-state index in [0.29, 0.717) is 6.61 Å². The topological polar surface area (TPSA) is 33.5 Å². The molecule has 0 spiro atoms. The van der Waals surface area contributed by atoms with Crippen molar-refractivity contribution in [3.63, 3.8) is 0 Å². The van der Waals surface area contributed by atoms with Crippen molar-refractivity contribution in [2.75, 3.05) is 45.9 Å². The number of hydrogen-bond acceptors (Lipinski definition) is 4. The van der Waals surface area contributed by atoms with Crippen molar-refractivity contribution >= 4 is 11.0 Å². The lowest BCUT2D eigenvalue weighted by molar-refractivity contribution is 0.0707. The van der Waals surface area contributed by atoms with Crippen LogP contribution in [0.5, 0.6) is 0 Å². The van der Waals surface area contributed by atoms with Gasteiger partial charge < -0.3 is 9.30 Å². The number of hydrogen-bond donors (Lipinski definition) is 0. The van der Waals surface area contributed by atoms with E-state index in [4.69, 9.17) is 4.74 Å². The third-order valence-corrected chi connectivity index (χ3v) is 5.34. The summed E-state index contributed by atoms with van der Waals surface area (Å²) < 4.78 is 21.0. The van der Waals surface area contributed by atoms with E-state index in [0.717, 1.165) is 63.5 Å². The summed E-state index contributed by atoms with van der Waals surface area (Å²) in [7, 11) is 0. The first-order valence-electron chi connectivity index (χ1n) is 9.95. The van der Waals surface area contributed by atoms with Crippen molar-refractivity contribution in [3.05, 3.63) is 66.2 Å². The Morgan fingerprint density at radius 1 is 0.857 bits per heavy atom. The number of imidazole rings is 1. The van der Waals surface area contributed by atoms with Crippen LogP contribution in [0.2, 0.25) is 0 Å². The molecule has 0 amide bonds. The molecule has 4 rings (SSSR count). The lowest BCUT2D eigenvalue weighted by atomic mass is 10.2. The van der Waals surface area contributed by atoms with Crippen molar-refractivity contribution in [3.8, 4) is 0 Å². The maximum atomic E-state index is 13.0. The number of ether oxygens (including phenoxy) is 1. The van der Waals surface area contributed by atoms with Gasteiger partial charge in [0.2, 0.25) is 0 Å². The van der Waals surface area contributed by atoms with Crippen LogP contribution in [0.4, 0.5) is 4.39 Å². The van der Waals surface area contributed by atoms with Crippen LogP contribution in [0.15, 0.2) is 54.9 Å². The largest absolute Gasteiger partial charge is 0.378 e. The zero-order chi connectivity index (χ0) is 19.2. The average molecular weight is 382 g/mol. The van der Waals surface area contributed by atoms with Gasteiger partial charge in [0.25, 0.3) is 0 Å². The fourth-order valence-corrected chi connectivity index (χ4v) is 3.67. The molecule has 148 valence electrons. The summed E-state index contributed by atoms with van der Waals surface area (Å²) in [5.74, 6) is -0.171.